The number of thioether (sulfide) groups is 1. The van der Waals surface area contributed by atoms with Gasteiger partial charge >= 0.3 is 0 Å². The molecule has 3 aromatic rings. The Morgan fingerprint density at radius 2 is 1.68 bits per heavy atom. The van der Waals surface area contributed by atoms with Crippen LogP contribution in [0, 0.1) is 11.3 Å². The Morgan fingerprint density at radius 1 is 1.00 bits per heavy atom. The summed E-state index contributed by atoms with van der Waals surface area (Å²) in [6.45, 7) is 0. The average molecular weight is 529 g/mol. The quantitative estimate of drug-likeness (QED) is 0.295. The second-order valence-corrected chi connectivity index (χ2v) is 9.78. The van der Waals surface area contributed by atoms with Crippen LogP contribution in [0.3, 0.4) is 0 Å². The molecule has 1 N–H and O–H groups in total. The standard InChI is InChI=1S/C25H16Cl3N3O2S/c26-16-6-9-18(10-7-16)30-23(32)20(14-29)25-31(19-4-2-1-3-5-19)24(33)22(34-25)13-15-12-17(27)8-11-21(15)28/h1-12,22H,13H2,(H,30,32)/b25-20-. The summed E-state index contributed by atoms with van der Waals surface area (Å²) in [7, 11) is 0. The van der Waals surface area contributed by atoms with Crippen molar-refractivity contribution < 1.29 is 9.59 Å². The lowest BCUT2D eigenvalue weighted by molar-refractivity contribution is -0.117. The first-order chi connectivity index (χ1) is 16.4. The van der Waals surface area contributed by atoms with Crippen LogP contribution in [-0.2, 0) is 16.0 Å². The van der Waals surface area contributed by atoms with Gasteiger partial charge in [-0.2, -0.15) is 5.26 Å². The SMILES string of the molecule is N#C/C(C(=O)Nc1ccc(Cl)cc1)=C1/SC(Cc2cc(Cl)ccc2Cl)C(=O)N1c1ccccc1. The van der Waals surface area contributed by atoms with Gasteiger partial charge in [-0.15, -0.1) is 0 Å². The molecule has 1 fully saturated rings. The zero-order valence-corrected chi connectivity index (χ0v) is 20.6. The monoisotopic (exact) mass is 527 g/mol. The number of nitriles is 1. The van der Waals surface area contributed by atoms with Crippen molar-refractivity contribution >= 4 is 69.8 Å². The summed E-state index contributed by atoms with van der Waals surface area (Å²) < 4.78 is 0. The molecule has 0 aromatic heterocycles. The van der Waals surface area contributed by atoms with Crippen LogP contribution in [0.15, 0.2) is 83.4 Å². The van der Waals surface area contributed by atoms with Gasteiger partial charge in [0.1, 0.15) is 16.7 Å². The molecule has 2 amide bonds. The van der Waals surface area contributed by atoms with E-state index in [-0.39, 0.29) is 22.9 Å². The minimum Gasteiger partial charge on any atom is -0.321 e. The summed E-state index contributed by atoms with van der Waals surface area (Å²) >= 11 is 19.5. The van der Waals surface area contributed by atoms with Crippen molar-refractivity contribution in [3.8, 4) is 6.07 Å². The first-order valence-corrected chi connectivity index (χ1v) is 12.1. The minimum absolute atomic E-state index is 0.170. The van der Waals surface area contributed by atoms with E-state index in [0.29, 0.717) is 32.0 Å². The van der Waals surface area contributed by atoms with E-state index >= 15 is 0 Å². The highest BCUT2D eigenvalue weighted by atomic mass is 35.5. The maximum atomic E-state index is 13.5. The Kier molecular flexibility index (Phi) is 7.50. The Morgan fingerprint density at radius 3 is 2.35 bits per heavy atom. The number of anilines is 2. The lowest BCUT2D eigenvalue weighted by Gasteiger charge is -2.18. The summed E-state index contributed by atoms with van der Waals surface area (Å²) in [5, 5.41) is 13.8. The highest BCUT2D eigenvalue weighted by Gasteiger charge is 2.41. The van der Waals surface area contributed by atoms with Crippen molar-refractivity contribution in [3.63, 3.8) is 0 Å². The molecule has 9 heteroatoms. The highest BCUT2D eigenvalue weighted by molar-refractivity contribution is 8.05. The average Bonchev–Trinajstić information content (AvgIpc) is 3.14. The van der Waals surface area contributed by atoms with Crippen LogP contribution in [-0.4, -0.2) is 17.1 Å². The molecular formula is C25H16Cl3N3O2S. The number of carbonyl (C=O) groups is 2. The van der Waals surface area contributed by atoms with Crippen LogP contribution < -0.4 is 10.2 Å². The Bertz CT molecular complexity index is 1320. The van der Waals surface area contributed by atoms with E-state index in [2.05, 4.69) is 5.32 Å². The smallest absolute Gasteiger partial charge is 0.269 e. The van der Waals surface area contributed by atoms with Crippen LogP contribution in [0.2, 0.25) is 15.1 Å². The molecule has 1 aliphatic heterocycles. The van der Waals surface area contributed by atoms with Crippen molar-refractivity contribution in [2.24, 2.45) is 0 Å². The number of hydrogen-bond donors (Lipinski definition) is 1. The third-order valence-corrected chi connectivity index (χ3v) is 7.15. The van der Waals surface area contributed by atoms with Crippen LogP contribution in [0.5, 0.6) is 0 Å². The van der Waals surface area contributed by atoms with E-state index in [4.69, 9.17) is 34.8 Å². The molecule has 1 unspecified atom stereocenters. The van der Waals surface area contributed by atoms with Crippen molar-refractivity contribution in [2.45, 2.75) is 11.7 Å². The van der Waals surface area contributed by atoms with Crippen LogP contribution >= 0.6 is 46.6 Å². The second kappa shape index (κ2) is 10.5. The van der Waals surface area contributed by atoms with Crippen molar-refractivity contribution in [2.75, 3.05) is 10.2 Å². The molecule has 1 heterocycles. The fraction of sp³-hybridized carbons (Fsp3) is 0.0800. The van der Waals surface area contributed by atoms with E-state index < -0.39 is 11.2 Å². The minimum atomic E-state index is -0.623. The molecule has 3 aromatic carbocycles. The molecule has 1 saturated heterocycles. The number of nitrogens with one attached hydrogen (secondary N) is 1. The van der Waals surface area contributed by atoms with E-state index in [0.717, 1.165) is 11.8 Å². The van der Waals surface area contributed by atoms with E-state index in [1.807, 2.05) is 12.1 Å². The van der Waals surface area contributed by atoms with Crippen LogP contribution in [0.25, 0.3) is 0 Å². The first kappa shape index (κ1) is 24.2. The topological polar surface area (TPSA) is 73.2 Å². The Labute approximate surface area is 215 Å². The van der Waals surface area contributed by atoms with Crippen LogP contribution in [0.4, 0.5) is 11.4 Å². The molecule has 170 valence electrons. The molecule has 4 rings (SSSR count). The lowest BCUT2D eigenvalue weighted by atomic mass is 10.1. The van der Waals surface area contributed by atoms with Gasteiger partial charge in [0.25, 0.3) is 5.91 Å². The van der Waals surface area contributed by atoms with Gasteiger partial charge in [0.15, 0.2) is 0 Å². The number of halogens is 3. The molecule has 1 atom stereocenters. The second-order valence-electron chi connectivity index (χ2n) is 7.31. The fourth-order valence-corrected chi connectivity index (χ4v) is 5.24. The van der Waals surface area contributed by atoms with Crippen LogP contribution in [0.1, 0.15) is 5.56 Å². The molecule has 0 aliphatic carbocycles. The van der Waals surface area contributed by atoms with Gasteiger partial charge < -0.3 is 5.32 Å². The number of hydrogen-bond acceptors (Lipinski definition) is 4. The summed E-state index contributed by atoms with van der Waals surface area (Å²) in [5.41, 5.74) is 1.57. The maximum absolute atomic E-state index is 13.5. The highest BCUT2D eigenvalue weighted by Crippen LogP contribution is 2.42. The van der Waals surface area contributed by atoms with Gasteiger partial charge in [0.05, 0.1) is 5.25 Å². The number of para-hydroxylation sites is 1. The third kappa shape index (κ3) is 5.24. The first-order valence-electron chi connectivity index (χ1n) is 10.1. The van der Waals surface area contributed by atoms with Gasteiger partial charge in [0, 0.05) is 26.4 Å². The number of amides is 2. The normalized spacial score (nSPS) is 16.8. The van der Waals surface area contributed by atoms with Crippen molar-refractivity contribution in [1.82, 2.24) is 0 Å². The largest absolute Gasteiger partial charge is 0.321 e. The number of nitrogens with zero attached hydrogens (tertiary/aromatic N) is 2. The molecule has 0 spiro atoms. The zero-order chi connectivity index (χ0) is 24.2. The van der Waals surface area contributed by atoms with Gasteiger partial charge in [0.2, 0.25) is 5.91 Å². The molecule has 0 saturated carbocycles. The summed E-state index contributed by atoms with van der Waals surface area (Å²) in [4.78, 5) is 28.0. The molecule has 5 nitrogen and oxygen atoms in total. The number of benzene rings is 3. The molecule has 0 bridgehead atoms. The van der Waals surface area contributed by atoms with Crippen molar-refractivity contribution in [3.05, 3.63) is 104 Å². The van der Waals surface area contributed by atoms with E-state index in [1.54, 1.807) is 66.7 Å². The van der Waals surface area contributed by atoms with Crippen molar-refractivity contribution in [1.29, 1.82) is 5.26 Å². The van der Waals surface area contributed by atoms with Gasteiger partial charge in [-0.3, -0.25) is 14.5 Å². The van der Waals surface area contributed by atoms with Gasteiger partial charge in [-0.25, -0.2) is 0 Å². The molecule has 34 heavy (non-hydrogen) atoms. The Hall–Kier alpha value is -2.95. The fourth-order valence-electron chi connectivity index (χ4n) is 3.43. The third-order valence-electron chi connectivity index (χ3n) is 5.04. The molecule has 1 aliphatic rings. The summed E-state index contributed by atoms with van der Waals surface area (Å²) in [6, 6.07) is 22.5. The maximum Gasteiger partial charge on any atom is 0.269 e. The van der Waals surface area contributed by atoms with E-state index in [1.165, 1.54) is 4.90 Å². The lowest BCUT2D eigenvalue weighted by Crippen LogP contribution is -2.30. The number of carbonyl (C=O) groups excluding carboxylic acids is 2. The number of rotatable bonds is 5. The zero-order valence-electron chi connectivity index (χ0n) is 17.5. The predicted octanol–water partition coefficient (Wildman–Crippen LogP) is 6.71. The van der Waals surface area contributed by atoms with Gasteiger partial charge in [-0.1, -0.05) is 64.8 Å². The predicted molar refractivity (Wildman–Crippen MR) is 138 cm³/mol. The summed E-state index contributed by atoms with van der Waals surface area (Å²) in [5.74, 6) is -0.878. The summed E-state index contributed by atoms with van der Waals surface area (Å²) in [6.07, 6.45) is 0.285. The molecular weight excluding hydrogens is 513 g/mol. The Balaban J connectivity index is 1.72. The van der Waals surface area contributed by atoms with E-state index in [9.17, 15) is 14.9 Å². The van der Waals surface area contributed by atoms with Gasteiger partial charge in [-0.05, 0) is 66.6 Å². The molecule has 0 radical (unpaired) electrons.